The fraction of sp³-hybridized carbons (Fsp3) is 0.0909. The van der Waals surface area contributed by atoms with Gasteiger partial charge in [0.15, 0.2) is 5.82 Å². The third-order valence-electron chi connectivity index (χ3n) is 2.01. The molecule has 2 aromatic heterocycles. The van der Waals surface area contributed by atoms with Gasteiger partial charge in [0, 0.05) is 11.8 Å². The molecule has 0 unspecified atom stereocenters. The number of hydrogen-bond acceptors (Lipinski definition) is 4. The van der Waals surface area contributed by atoms with Gasteiger partial charge in [-0.2, -0.15) is 5.10 Å². The number of nitrogens with one attached hydrogen (secondary N) is 1. The van der Waals surface area contributed by atoms with Gasteiger partial charge in [-0.05, 0) is 12.1 Å². The summed E-state index contributed by atoms with van der Waals surface area (Å²) >= 11 is 0. The second-order valence-electron chi connectivity index (χ2n) is 3.13. The molecule has 0 aliphatic rings. The predicted molar refractivity (Wildman–Crippen MR) is 60.3 cm³/mol. The van der Waals surface area contributed by atoms with Crippen molar-refractivity contribution in [3.63, 3.8) is 0 Å². The summed E-state index contributed by atoms with van der Waals surface area (Å²) in [6.07, 6.45) is 9.49. The van der Waals surface area contributed by atoms with Crippen molar-refractivity contribution in [3.05, 3.63) is 36.5 Å². The Balaban J connectivity index is 2.23. The van der Waals surface area contributed by atoms with Crippen LogP contribution in [-0.2, 0) is 0 Å². The molecule has 0 radical (unpaired) electrons. The summed E-state index contributed by atoms with van der Waals surface area (Å²) in [7, 11) is 0. The van der Waals surface area contributed by atoms with E-state index in [9.17, 15) is 4.79 Å². The number of pyridine rings is 1. The van der Waals surface area contributed by atoms with Crippen molar-refractivity contribution < 1.29 is 4.79 Å². The fourth-order valence-electron chi connectivity index (χ4n) is 1.24. The summed E-state index contributed by atoms with van der Waals surface area (Å²) in [5, 5.41) is 6.50. The Labute approximate surface area is 97.7 Å². The minimum Gasteiger partial charge on any atom is -0.341 e. The van der Waals surface area contributed by atoms with Crippen molar-refractivity contribution in [3.8, 4) is 18.2 Å². The summed E-state index contributed by atoms with van der Waals surface area (Å²) in [4.78, 5) is 19.5. The van der Waals surface area contributed by atoms with E-state index in [1.54, 1.807) is 12.1 Å². The number of rotatable bonds is 3. The van der Waals surface area contributed by atoms with E-state index in [4.69, 9.17) is 6.42 Å². The SMILES string of the molecule is C#CCNC(=O)c1ccnc(-n2cncn2)c1. The highest BCUT2D eigenvalue weighted by Crippen LogP contribution is 2.05. The molecule has 0 spiro atoms. The highest BCUT2D eigenvalue weighted by atomic mass is 16.1. The Morgan fingerprint density at radius 2 is 2.47 bits per heavy atom. The number of hydrogen-bond donors (Lipinski definition) is 1. The van der Waals surface area contributed by atoms with Gasteiger partial charge in [-0.1, -0.05) is 5.92 Å². The molecule has 0 saturated carbocycles. The Bertz CT molecular complexity index is 555. The van der Waals surface area contributed by atoms with Crippen LogP contribution in [0.3, 0.4) is 0 Å². The minimum atomic E-state index is -0.244. The molecule has 2 aromatic rings. The smallest absolute Gasteiger partial charge is 0.252 e. The first-order chi connectivity index (χ1) is 8.31. The maximum absolute atomic E-state index is 11.6. The Morgan fingerprint density at radius 3 is 3.18 bits per heavy atom. The van der Waals surface area contributed by atoms with Crippen LogP contribution >= 0.6 is 0 Å². The summed E-state index contributed by atoms with van der Waals surface area (Å²) in [6, 6.07) is 3.22. The molecule has 1 amide bonds. The van der Waals surface area contributed by atoms with E-state index in [-0.39, 0.29) is 12.5 Å². The van der Waals surface area contributed by atoms with Crippen molar-refractivity contribution in [1.82, 2.24) is 25.1 Å². The van der Waals surface area contributed by atoms with Crippen LogP contribution in [0.5, 0.6) is 0 Å². The lowest BCUT2D eigenvalue weighted by atomic mass is 10.2. The molecule has 0 fully saturated rings. The van der Waals surface area contributed by atoms with E-state index < -0.39 is 0 Å². The second-order valence-corrected chi connectivity index (χ2v) is 3.13. The van der Waals surface area contributed by atoms with E-state index >= 15 is 0 Å². The molecule has 2 heterocycles. The number of carbonyl (C=O) groups excluding carboxylic acids is 1. The zero-order chi connectivity index (χ0) is 12.1. The van der Waals surface area contributed by atoms with Crippen LogP contribution in [0, 0.1) is 12.3 Å². The third-order valence-corrected chi connectivity index (χ3v) is 2.01. The van der Waals surface area contributed by atoms with Crippen LogP contribution in [0.15, 0.2) is 31.0 Å². The molecule has 6 heteroatoms. The maximum Gasteiger partial charge on any atom is 0.252 e. The van der Waals surface area contributed by atoms with Crippen molar-refractivity contribution in [2.45, 2.75) is 0 Å². The van der Waals surface area contributed by atoms with Crippen LogP contribution in [-0.4, -0.2) is 32.2 Å². The summed E-state index contributed by atoms with van der Waals surface area (Å²) in [6.45, 7) is 0.194. The lowest BCUT2D eigenvalue weighted by Gasteiger charge is -2.03. The van der Waals surface area contributed by atoms with E-state index in [1.807, 2.05) is 0 Å². The number of terminal acetylenes is 1. The predicted octanol–water partition coefficient (Wildman–Crippen LogP) is 0.0253. The first kappa shape index (κ1) is 10.8. The molecule has 1 N–H and O–H groups in total. The summed E-state index contributed by atoms with van der Waals surface area (Å²) in [5.41, 5.74) is 0.473. The van der Waals surface area contributed by atoms with Crippen LogP contribution in [0.25, 0.3) is 5.82 Å². The highest BCUT2D eigenvalue weighted by Gasteiger charge is 2.06. The number of aromatic nitrogens is 4. The zero-order valence-corrected chi connectivity index (χ0v) is 8.87. The van der Waals surface area contributed by atoms with Crippen LogP contribution in [0.4, 0.5) is 0 Å². The standard InChI is InChI=1S/C11H9N5O/c1-2-4-14-11(17)9-3-5-13-10(6-9)16-8-12-7-15-16/h1,3,5-8H,4H2,(H,14,17). The van der Waals surface area contributed by atoms with Crippen molar-refractivity contribution >= 4 is 5.91 Å². The summed E-state index contributed by atoms with van der Waals surface area (Å²) in [5.74, 6) is 2.62. The quantitative estimate of drug-likeness (QED) is 0.750. The first-order valence-corrected chi connectivity index (χ1v) is 4.84. The Hall–Kier alpha value is -2.68. The number of carbonyl (C=O) groups is 1. The van der Waals surface area contributed by atoms with Gasteiger partial charge in [-0.15, -0.1) is 6.42 Å². The van der Waals surface area contributed by atoms with E-state index in [2.05, 4.69) is 26.3 Å². The normalized spacial score (nSPS) is 9.59. The highest BCUT2D eigenvalue weighted by molar-refractivity contribution is 5.94. The van der Waals surface area contributed by atoms with Gasteiger partial charge in [0.05, 0.1) is 6.54 Å². The molecule has 0 aliphatic carbocycles. The molecular formula is C11H9N5O. The Kier molecular flexibility index (Phi) is 3.12. The largest absolute Gasteiger partial charge is 0.341 e. The third kappa shape index (κ3) is 2.46. The van der Waals surface area contributed by atoms with Crippen LogP contribution in [0.1, 0.15) is 10.4 Å². The van der Waals surface area contributed by atoms with Crippen LogP contribution in [0.2, 0.25) is 0 Å². The van der Waals surface area contributed by atoms with E-state index in [0.717, 1.165) is 0 Å². The monoisotopic (exact) mass is 227 g/mol. The lowest BCUT2D eigenvalue weighted by molar-refractivity contribution is 0.0958. The van der Waals surface area contributed by atoms with Gasteiger partial charge in [0.1, 0.15) is 12.7 Å². The first-order valence-electron chi connectivity index (χ1n) is 4.84. The lowest BCUT2D eigenvalue weighted by Crippen LogP contribution is -2.23. The van der Waals surface area contributed by atoms with Gasteiger partial charge >= 0.3 is 0 Å². The van der Waals surface area contributed by atoms with Gasteiger partial charge in [0.2, 0.25) is 0 Å². The number of nitrogens with zero attached hydrogens (tertiary/aromatic N) is 4. The van der Waals surface area contributed by atoms with Crippen molar-refractivity contribution in [1.29, 1.82) is 0 Å². The van der Waals surface area contributed by atoms with Gasteiger partial charge < -0.3 is 5.32 Å². The van der Waals surface area contributed by atoms with Crippen LogP contribution < -0.4 is 5.32 Å². The number of amides is 1. The molecule has 0 atom stereocenters. The van der Waals surface area contributed by atoms with Crippen molar-refractivity contribution in [2.24, 2.45) is 0 Å². The molecule has 6 nitrogen and oxygen atoms in total. The van der Waals surface area contributed by atoms with E-state index in [1.165, 1.54) is 23.5 Å². The molecule has 2 rings (SSSR count). The minimum absolute atomic E-state index is 0.194. The average Bonchev–Trinajstić information content (AvgIpc) is 2.90. The second kappa shape index (κ2) is 4.90. The molecule has 17 heavy (non-hydrogen) atoms. The molecule has 84 valence electrons. The molecular weight excluding hydrogens is 218 g/mol. The molecule has 0 aromatic carbocycles. The maximum atomic E-state index is 11.6. The molecule has 0 bridgehead atoms. The molecule has 0 aliphatic heterocycles. The van der Waals surface area contributed by atoms with Gasteiger partial charge in [0.25, 0.3) is 5.91 Å². The topological polar surface area (TPSA) is 72.7 Å². The zero-order valence-electron chi connectivity index (χ0n) is 8.87. The van der Waals surface area contributed by atoms with Crippen molar-refractivity contribution in [2.75, 3.05) is 6.54 Å². The summed E-state index contributed by atoms with van der Waals surface area (Å²) < 4.78 is 1.47. The van der Waals surface area contributed by atoms with Gasteiger partial charge in [-0.3, -0.25) is 4.79 Å². The van der Waals surface area contributed by atoms with E-state index in [0.29, 0.717) is 11.4 Å². The Morgan fingerprint density at radius 1 is 1.59 bits per heavy atom. The molecule has 0 saturated heterocycles. The average molecular weight is 227 g/mol. The van der Waals surface area contributed by atoms with Gasteiger partial charge in [-0.25, -0.2) is 14.6 Å². The fourth-order valence-corrected chi connectivity index (χ4v) is 1.24.